The zero-order valence-corrected chi connectivity index (χ0v) is 5.72. The molecule has 0 spiro atoms. The summed E-state index contributed by atoms with van der Waals surface area (Å²) in [4.78, 5) is 12.8. The molecule has 0 saturated carbocycles. The number of hydrogen-bond donors (Lipinski definition) is 3. The lowest BCUT2D eigenvalue weighted by atomic mass is 10.4. The number of hydrogen-bond acceptors (Lipinski definition) is 3. The van der Waals surface area contributed by atoms with Crippen LogP contribution in [0.3, 0.4) is 0 Å². The van der Waals surface area contributed by atoms with E-state index in [1.165, 1.54) is 0 Å². The molecule has 0 aromatic heterocycles. The van der Waals surface area contributed by atoms with Gasteiger partial charge >= 0.3 is 6.03 Å². The van der Waals surface area contributed by atoms with Crippen LogP contribution in [-0.2, 0) is 0 Å². The maximum Gasteiger partial charge on any atom is 0.317 e. The van der Waals surface area contributed by atoms with Crippen LogP contribution < -0.4 is 16.0 Å². The van der Waals surface area contributed by atoms with E-state index in [-0.39, 0.29) is 18.4 Å². The second kappa shape index (κ2) is 1.83. The van der Waals surface area contributed by atoms with Crippen molar-refractivity contribution in [3.05, 3.63) is 0 Å². The lowest BCUT2D eigenvalue weighted by Crippen LogP contribution is -2.40. The first kappa shape index (κ1) is 5.94. The highest BCUT2D eigenvalue weighted by atomic mass is 16.2. The third kappa shape index (κ3) is 0.676. The summed E-state index contributed by atoms with van der Waals surface area (Å²) in [5, 5.41) is 8.65. The number of urea groups is 1. The predicted molar refractivity (Wildman–Crippen MR) is 35.0 cm³/mol. The first-order valence-corrected chi connectivity index (χ1v) is 3.28. The van der Waals surface area contributed by atoms with E-state index in [1.807, 2.05) is 11.9 Å². The van der Waals surface area contributed by atoms with Crippen LogP contribution in [0.1, 0.15) is 0 Å². The topological polar surface area (TPSA) is 56.4 Å². The van der Waals surface area contributed by atoms with Crippen molar-refractivity contribution in [3.63, 3.8) is 0 Å². The largest absolute Gasteiger partial charge is 0.319 e. The standard InChI is InChI=1S/C5H10N4O/c1-9-2-6-3-4(9)8-5(10)7-3/h3-4,6H,2H2,1H3,(H2,7,8,10). The summed E-state index contributed by atoms with van der Waals surface area (Å²) >= 11 is 0. The fourth-order valence-electron chi connectivity index (χ4n) is 1.35. The molecule has 0 aromatic rings. The highest BCUT2D eigenvalue weighted by Gasteiger charge is 2.38. The van der Waals surface area contributed by atoms with E-state index in [4.69, 9.17) is 0 Å². The lowest BCUT2D eigenvalue weighted by Gasteiger charge is -2.14. The molecule has 2 heterocycles. The van der Waals surface area contributed by atoms with Gasteiger partial charge in [0.05, 0.1) is 6.67 Å². The van der Waals surface area contributed by atoms with E-state index in [2.05, 4.69) is 16.0 Å². The Morgan fingerprint density at radius 2 is 2.40 bits per heavy atom. The Morgan fingerprint density at radius 3 is 3.10 bits per heavy atom. The van der Waals surface area contributed by atoms with Crippen molar-refractivity contribution >= 4 is 6.03 Å². The third-order valence-corrected chi connectivity index (χ3v) is 1.92. The molecule has 5 heteroatoms. The van der Waals surface area contributed by atoms with E-state index in [0.717, 1.165) is 6.67 Å². The number of carbonyl (C=O) groups excluding carboxylic acids is 1. The lowest BCUT2D eigenvalue weighted by molar-refractivity contribution is 0.236. The van der Waals surface area contributed by atoms with Gasteiger partial charge in [0.15, 0.2) is 0 Å². The summed E-state index contributed by atoms with van der Waals surface area (Å²) in [6.45, 7) is 0.822. The molecule has 2 aliphatic heterocycles. The first-order chi connectivity index (χ1) is 4.77. The normalized spacial score (nSPS) is 39.1. The molecule has 0 bridgehead atoms. The van der Waals surface area contributed by atoms with Gasteiger partial charge in [-0.3, -0.25) is 10.2 Å². The average molecular weight is 142 g/mol. The highest BCUT2D eigenvalue weighted by Crippen LogP contribution is 2.07. The molecule has 2 saturated heterocycles. The molecular formula is C5H10N4O. The molecule has 2 amide bonds. The van der Waals surface area contributed by atoms with Crippen molar-refractivity contribution in [1.82, 2.24) is 20.9 Å². The second-order valence-corrected chi connectivity index (χ2v) is 2.66. The van der Waals surface area contributed by atoms with Gasteiger partial charge in [0.1, 0.15) is 12.3 Å². The Bertz CT molecular complexity index is 171. The molecule has 2 unspecified atom stereocenters. The van der Waals surface area contributed by atoms with Crippen LogP contribution >= 0.6 is 0 Å². The minimum atomic E-state index is -0.0888. The maximum absolute atomic E-state index is 10.7. The Kier molecular flexibility index (Phi) is 1.09. The molecule has 3 N–H and O–H groups in total. The summed E-state index contributed by atoms with van der Waals surface area (Å²) in [7, 11) is 1.96. The minimum absolute atomic E-state index is 0.0888. The summed E-state index contributed by atoms with van der Waals surface area (Å²) < 4.78 is 0. The summed E-state index contributed by atoms with van der Waals surface area (Å²) in [6, 6.07) is -0.0888. The molecule has 0 aromatic carbocycles. The van der Waals surface area contributed by atoms with E-state index < -0.39 is 0 Å². The molecule has 2 fully saturated rings. The van der Waals surface area contributed by atoms with Crippen molar-refractivity contribution < 1.29 is 4.79 Å². The van der Waals surface area contributed by atoms with Crippen LogP contribution in [0.2, 0.25) is 0 Å². The molecule has 2 aliphatic rings. The number of rotatable bonds is 0. The summed E-state index contributed by atoms with van der Waals surface area (Å²) in [5.41, 5.74) is 0. The van der Waals surface area contributed by atoms with Crippen molar-refractivity contribution in [1.29, 1.82) is 0 Å². The monoisotopic (exact) mass is 142 g/mol. The van der Waals surface area contributed by atoms with Gasteiger partial charge in [-0.25, -0.2) is 4.79 Å². The Balaban J connectivity index is 2.12. The minimum Gasteiger partial charge on any atom is -0.319 e. The molecule has 2 atom stereocenters. The van der Waals surface area contributed by atoms with Crippen LogP contribution in [0.5, 0.6) is 0 Å². The summed E-state index contributed by atoms with van der Waals surface area (Å²) in [5.74, 6) is 0. The Labute approximate surface area is 58.8 Å². The SMILES string of the molecule is CN1CNC2NC(=O)NC21. The zero-order valence-electron chi connectivity index (χ0n) is 5.72. The van der Waals surface area contributed by atoms with Crippen LogP contribution in [0.25, 0.3) is 0 Å². The van der Waals surface area contributed by atoms with E-state index in [1.54, 1.807) is 0 Å². The van der Waals surface area contributed by atoms with E-state index >= 15 is 0 Å². The molecule has 0 aliphatic carbocycles. The van der Waals surface area contributed by atoms with Crippen molar-refractivity contribution in [2.45, 2.75) is 12.3 Å². The highest BCUT2D eigenvalue weighted by molar-refractivity contribution is 5.77. The second-order valence-electron chi connectivity index (χ2n) is 2.66. The van der Waals surface area contributed by atoms with Gasteiger partial charge in [0.2, 0.25) is 0 Å². The number of nitrogens with zero attached hydrogens (tertiary/aromatic N) is 1. The fraction of sp³-hybridized carbons (Fsp3) is 0.800. The summed E-state index contributed by atoms with van der Waals surface area (Å²) in [6.07, 6.45) is 0.227. The first-order valence-electron chi connectivity index (χ1n) is 3.28. The van der Waals surface area contributed by atoms with Crippen molar-refractivity contribution in [2.24, 2.45) is 0 Å². The quantitative estimate of drug-likeness (QED) is 0.383. The maximum atomic E-state index is 10.7. The third-order valence-electron chi connectivity index (χ3n) is 1.92. The van der Waals surface area contributed by atoms with E-state index in [0.29, 0.717) is 0 Å². The van der Waals surface area contributed by atoms with Gasteiger partial charge in [0.25, 0.3) is 0 Å². The molecule has 2 rings (SSSR count). The van der Waals surface area contributed by atoms with Gasteiger partial charge in [-0.2, -0.15) is 0 Å². The average Bonchev–Trinajstić information content (AvgIpc) is 2.35. The molecular weight excluding hydrogens is 132 g/mol. The number of fused-ring (bicyclic) bond motifs is 1. The van der Waals surface area contributed by atoms with Crippen LogP contribution in [0, 0.1) is 0 Å². The number of amides is 2. The van der Waals surface area contributed by atoms with Gasteiger partial charge in [0, 0.05) is 0 Å². The molecule has 10 heavy (non-hydrogen) atoms. The van der Waals surface area contributed by atoms with Gasteiger partial charge in [-0.15, -0.1) is 0 Å². The number of carbonyl (C=O) groups is 1. The van der Waals surface area contributed by atoms with Crippen LogP contribution in [0.15, 0.2) is 0 Å². The van der Waals surface area contributed by atoms with Crippen LogP contribution in [0.4, 0.5) is 4.79 Å². The Morgan fingerprint density at radius 1 is 1.60 bits per heavy atom. The number of likely N-dealkylation sites (N-methyl/N-ethyl adjacent to an activating group) is 1. The van der Waals surface area contributed by atoms with Gasteiger partial charge < -0.3 is 10.6 Å². The smallest absolute Gasteiger partial charge is 0.317 e. The van der Waals surface area contributed by atoms with Gasteiger partial charge in [-0.1, -0.05) is 0 Å². The molecule has 0 radical (unpaired) electrons. The Hall–Kier alpha value is -0.810. The number of nitrogens with one attached hydrogen (secondary N) is 3. The van der Waals surface area contributed by atoms with Crippen LogP contribution in [-0.4, -0.2) is 37.0 Å². The zero-order chi connectivity index (χ0) is 7.14. The van der Waals surface area contributed by atoms with Crippen molar-refractivity contribution in [2.75, 3.05) is 13.7 Å². The van der Waals surface area contributed by atoms with E-state index in [9.17, 15) is 4.79 Å². The van der Waals surface area contributed by atoms with Crippen molar-refractivity contribution in [3.8, 4) is 0 Å². The molecule has 56 valence electrons. The predicted octanol–water partition coefficient (Wildman–Crippen LogP) is -1.56. The van der Waals surface area contributed by atoms with Gasteiger partial charge in [-0.05, 0) is 7.05 Å². The fourth-order valence-corrected chi connectivity index (χ4v) is 1.35. The molecule has 5 nitrogen and oxygen atoms in total.